The van der Waals surface area contributed by atoms with Gasteiger partial charge in [0.05, 0.1) is 0 Å². The normalized spacial score (nSPS) is 15.1. The predicted molar refractivity (Wildman–Crippen MR) is 60.1 cm³/mol. The molecule has 0 rings (SSSR count). The van der Waals surface area contributed by atoms with Crippen molar-refractivity contribution in [1.82, 2.24) is 5.32 Å². The van der Waals surface area contributed by atoms with E-state index in [1.807, 2.05) is 0 Å². The Balaban J connectivity index is 5.09. The third-order valence-electron chi connectivity index (χ3n) is 2.83. The quantitative estimate of drug-likeness (QED) is 0.542. The molecule has 1 unspecified atom stereocenters. The van der Waals surface area contributed by atoms with Crippen LogP contribution in [0.25, 0.3) is 0 Å². The third kappa shape index (κ3) is 2.61. The molecule has 0 amide bonds. The molecular formula is C11H19NO4. The largest absolute Gasteiger partial charge is 0.480 e. The van der Waals surface area contributed by atoms with Crippen molar-refractivity contribution in [3.8, 4) is 0 Å². The van der Waals surface area contributed by atoms with Crippen molar-refractivity contribution < 1.29 is 19.4 Å². The van der Waals surface area contributed by atoms with Crippen molar-refractivity contribution in [3.05, 3.63) is 12.2 Å². The average Bonchev–Trinajstić information content (AvgIpc) is 2.14. The molecule has 0 bridgehead atoms. The van der Waals surface area contributed by atoms with Gasteiger partial charge in [-0.25, -0.2) is 4.79 Å². The molecule has 0 aliphatic rings. The van der Waals surface area contributed by atoms with Crippen LogP contribution in [0.3, 0.4) is 0 Å². The Morgan fingerprint density at radius 3 is 2.00 bits per heavy atom. The summed E-state index contributed by atoms with van der Waals surface area (Å²) in [4.78, 5) is 22.6. The van der Waals surface area contributed by atoms with Crippen LogP contribution in [0.1, 0.15) is 27.7 Å². The molecule has 0 heterocycles. The monoisotopic (exact) mass is 229 g/mol. The highest BCUT2D eigenvalue weighted by molar-refractivity contribution is 5.88. The smallest absolute Gasteiger partial charge is 0.333 e. The zero-order valence-electron chi connectivity index (χ0n) is 10.4. The van der Waals surface area contributed by atoms with E-state index in [1.165, 1.54) is 20.9 Å². The zero-order valence-corrected chi connectivity index (χ0v) is 10.4. The number of ether oxygens (including phenoxy) is 1. The van der Waals surface area contributed by atoms with Gasteiger partial charge in [0, 0.05) is 5.57 Å². The van der Waals surface area contributed by atoms with Gasteiger partial charge in [-0.1, -0.05) is 6.58 Å². The van der Waals surface area contributed by atoms with Crippen molar-refractivity contribution in [2.24, 2.45) is 0 Å². The predicted octanol–water partition coefficient (Wildman–Crippen LogP) is 0.947. The molecule has 5 heteroatoms. The lowest BCUT2D eigenvalue weighted by Gasteiger charge is -2.39. The van der Waals surface area contributed by atoms with Gasteiger partial charge in [0.15, 0.2) is 5.54 Å². The Labute approximate surface area is 95.5 Å². The topological polar surface area (TPSA) is 75.6 Å². The Morgan fingerprint density at radius 1 is 1.31 bits per heavy atom. The fourth-order valence-corrected chi connectivity index (χ4v) is 1.09. The third-order valence-corrected chi connectivity index (χ3v) is 2.83. The summed E-state index contributed by atoms with van der Waals surface area (Å²) in [5, 5.41) is 11.8. The molecule has 1 atom stereocenters. The Bertz CT molecular complexity index is 322. The van der Waals surface area contributed by atoms with Crippen LogP contribution in [0.4, 0.5) is 0 Å². The fourth-order valence-electron chi connectivity index (χ4n) is 1.09. The first-order chi connectivity index (χ1) is 7.08. The van der Waals surface area contributed by atoms with Crippen LogP contribution in [-0.4, -0.2) is 35.2 Å². The molecule has 5 nitrogen and oxygen atoms in total. The minimum atomic E-state index is -1.36. The fraction of sp³-hybridized carbons (Fsp3) is 0.636. The van der Waals surface area contributed by atoms with E-state index in [0.29, 0.717) is 0 Å². The SMILES string of the molecule is C=C(C)C(=O)OC(C)(C)C(C)(NC)C(=O)O. The molecular weight excluding hydrogens is 210 g/mol. The van der Waals surface area contributed by atoms with E-state index >= 15 is 0 Å². The summed E-state index contributed by atoms with van der Waals surface area (Å²) in [5.41, 5.74) is -2.32. The number of hydrogen-bond donors (Lipinski definition) is 2. The van der Waals surface area contributed by atoms with Crippen LogP contribution in [0.5, 0.6) is 0 Å². The van der Waals surface area contributed by atoms with E-state index in [1.54, 1.807) is 13.8 Å². The van der Waals surface area contributed by atoms with Crippen LogP contribution in [0.2, 0.25) is 0 Å². The Hall–Kier alpha value is -1.36. The van der Waals surface area contributed by atoms with Crippen LogP contribution < -0.4 is 5.32 Å². The summed E-state index contributed by atoms with van der Waals surface area (Å²) in [6, 6.07) is 0. The van der Waals surface area contributed by atoms with Gasteiger partial charge in [0.1, 0.15) is 5.60 Å². The highest BCUT2D eigenvalue weighted by Gasteiger charge is 2.49. The van der Waals surface area contributed by atoms with E-state index in [0.717, 1.165) is 0 Å². The number of aliphatic carboxylic acids is 1. The summed E-state index contributed by atoms with van der Waals surface area (Å²) in [6.07, 6.45) is 0. The van der Waals surface area contributed by atoms with E-state index in [2.05, 4.69) is 11.9 Å². The second-order valence-electron chi connectivity index (χ2n) is 4.36. The number of carbonyl (C=O) groups excluding carboxylic acids is 1. The Morgan fingerprint density at radius 2 is 1.75 bits per heavy atom. The number of carbonyl (C=O) groups is 2. The second-order valence-corrected chi connectivity index (χ2v) is 4.36. The standard InChI is InChI=1S/C11H19NO4/c1-7(2)8(13)16-10(3,4)11(5,12-6)9(14)15/h12H,1H2,2-6H3,(H,14,15). The maximum absolute atomic E-state index is 11.4. The van der Waals surface area contributed by atoms with Gasteiger partial charge < -0.3 is 15.2 Å². The summed E-state index contributed by atoms with van der Waals surface area (Å²) < 4.78 is 5.13. The van der Waals surface area contributed by atoms with Gasteiger partial charge in [0.25, 0.3) is 0 Å². The van der Waals surface area contributed by atoms with Crippen LogP contribution in [0.15, 0.2) is 12.2 Å². The molecule has 0 saturated carbocycles. The number of esters is 1. The van der Waals surface area contributed by atoms with Gasteiger partial charge in [-0.15, -0.1) is 0 Å². The summed E-state index contributed by atoms with van der Waals surface area (Å²) in [7, 11) is 1.50. The van der Waals surface area contributed by atoms with E-state index in [-0.39, 0.29) is 5.57 Å². The zero-order chi connectivity index (χ0) is 13.1. The number of likely N-dealkylation sites (N-methyl/N-ethyl adjacent to an activating group) is 1. The van der Waals surface area contributed by atoms with Crippen LogP contribution in [-0.2, 0) is 14.3 Å². The van der Waals surface area contributed by atoms with Crippen molar-refractivity contribution in [2.75, 3.05) is 7.05 Å². The lowest BCUT2D eigenvalue weighted by Crippen LogP contribution is -2.63. The van der Waals surface area contributed by atoms with Gasteiger partial charge in [0.2, 0.25) is 0 Å². The summed E-state index contributed by atoms with van der Waals surface area (Å²) in [6.45, 7) is 9.50. The molecule has 0 aliphatic carbocycles. The second kappa shape index (κ2) is 4.65. The lowest BCUT2D eigenvalue weighted by molar-refractivity contribution is -0.170. The highest BCUT2D eigenvalue weighted by atomic mass is 16.6. The summed E-state index contributed by atoms with van der Waals surface area (Å²) >= 11 is 0. The van der Waals surface area contributed by atoms with E-state index < -0.39 is 23.1 Å². The maximum atomic E-state index is 11.4. The molecule has 16 heavy (non-hydrogen) atoms. The number of nitrogens with one attached hydrogen (secondary N) is 1. The lowest BCUT2D eigenvalue weighted by atomic mass is 9.84. The van der Waals surface area contributed by atoms with Gasteiger partial charge in [-0.3, -0.25) is 4.79 Å². The highest BCUT2D eigenvalue weighted by Crippen LogP contribution is 2.26. The first-order valence-corrected chi connectivity index (χ1v) is 4.89. The van der Waals surface area contributed by atoms with E-state index in [4.69, 9.17) is 9.84 Å². The molecule has 92 valence electrons. The molecule has 0 aromatic heterocycles. The van der Waals surface area contributed by atoms with Crippen molar-refractivity contribution in [3.63, 3.8) is 0 Å². The minimum Gasteiger partial charge on any atom is -0.480 e. The number of rotatable bonds is 5. The van der Waals surface area contributed by atoms with E-state index in [9.17, 15) is 9.59 Å². The van der Waals surface area contributed by atoms with Crippen molar-refractivity contribution in [2.45, 2.75) is 38.8 Å². The molecule has 0 spiro atoms. The van der Waals surface area contributed by atoms with Crippen molar-refractivity contribution >= 4 is 11.9 Å². The maximum Gasteiger partial charge on any atom is 0.333 e. The molecule has 2 N–H and O–H groups in total. The first-order valence-electron chi connectivity index (χ1n) is 4.89. The molecule has 0 saturated heterocycles. The Kier molecular flexibility index (Phi) is 4.26. The number of hydrogen-bond acceptors (Lipinski definition) is 4. The van der Waals surface area contributed by atoms with Gasteiger partial charge in [-0.05, 0) is 34.7 Å². The first kappa shape index (κ1) is 14.6. The molecule has 0 radical (unpaired) electrons. The molecule has 0 aromatic carbocycles. The van der Waals surface area contributed by atoms with Gasteiger partial charge in [-0.2, -0.15) is 0 Å². The minimum absolute atomic E-state index is 0.233. The van der Waals surface area contributed by atoms with Crippen molar-refractivity contribution in [1.29, 1.82) is 0 Å². The van der Waals surface area contributed by atoms with Crippen LogP contribution in [0, 0.1) is 0 Å². The average molecular weight is 229 g/mol. The number of carboxylic acid groups (broad SMARTS) is 1. The number of carboxylic acids is 1. The molecule has 0 fully saturated rings. The molecule has 0 aliphatic heterocycles. The van der Waals surface area contributed by atoms with Crippen LogP contribution >= 0.6 is 0 Å². The molecule has 0 aromatic rings. The summed E-state index contributed by atoms with van der Waals surface area (Å²) in [5.74, 6) is -1.69. The van der Waals surface area contributed by atoms with Gasteiger partial charge >= 0.3 is 11.9 Å².